The van der Waals surface area contributed by atoms with Crippen LogP contribution in [0.1, 0.15) is 29.7 Å². The summed E-state index contributed by atoms with van der Waals surface area (Å²) < 4.78 is 13.8. The van der Waals surface area contributed by atoms with Gasteiger partial charge in [-0.25, -0.2) is 4.39 Å². The smallest absolute Gasteiger partial charge is 0.137 e. The van der Waals surface area contributed by atoms with E-state index in [0.717, 1.165) is 29.1 Å². The van der Waals surface area contributed by atoms with E-state index in [9.17, 15) is 4.39 Å². The number of hydrogen-bond donors (Lipinski definition) is 1. The van der Waals surface area contributed by atoms with Crippen molar-refractivity contribution in [1.82, 2.24) is 5.32 Å². The molecule has 0 aliphatic rings. The predicted molar refractivity (Wildman–Crippen MR) is 90.4 cm³/mol. The van der Waals surface area contributed by atoms with E-state index < -0.39 is 0 Å². The quantitative estimate of drug-likeness (QED) is 0.738. The fourth-order valence-corrected chi connectivity index (χ4v) is 2.88. The Morgan fingerprint density at radius 3 is 2.62 bits per heavy atom. The van der Waals surface area contributed by atoms with Gasteiger partial charge in [-0.1, -0.05) is 36.7 Å². The number of benzene rings is 2. The highest BCUT2D eigenvalue weighted by molar-refractivity contribution is 9.10. The van der Waals surface area contributed by atoms with Gasteiger partial charge in [0.25, 0.3) is 0 Å². The zero-order chi connectivity index (χ0) is 15.4. The first-order chi connectivity index (χ1) is 10.0. The molecule has 0 saturated carbocycles. The van der Waals surface area contributed by atoms with Gasteiger partial charge in [0.05, 0.1) is 4.47 Å². The summed E-state index contributed by atoms with van der Waals surface area (Å²) in [5, 5.41) is 4.25. The molecule has 0 saturated heterocycles. The molecule has 1 nitrogen and oxygen atoms in total. The normalized spacial score (nSPS) is 12.4. The van der Waals surface area contributed by atoms with Gasteiger partial charge in [0.1, 0.15) is 5.82 Å². The van der Waals surface area contributed by atoms with E-state index in [1.807, 2.05) is 31.2 Å². The molecule has 0 fully saturated rings. The molecule has 0 radical (unpaired) electrons. The van der Waals surface area contributed by atoms with E-state index in [-0.39, 0.29) is 11.9 Å². The summed E-state index contributed by atoms with van der Waals surface area (Å²) in [5.41, 5.74) is 3.35. The Morgan fingerprint density at radius 1 is 1.24 bits per heavy atom. The van der Waals surface area contributed by atoms with E-state index in [2.05, 4.69) is 34.2 Å². The second-order valence-electron chi connectivity index (χ2n) is 5.07. The molecule has 0 bridgehead atoms. The molecule has 0 heterocycles. The molecule has 2 aromatic rings. The second-order valence-corrected chi connectivity index (χ2v) is 6.33. The largest absolute Gasteiger partial charge is 0.310 e. The van der Waals surface area contributed by atoms with Crippen LogP contribution < -0.4 is 5.32 Å². The lowest BCUT2D eigenvalue weighted by molar-refractivity contribution is 0.548. The van der Waals surface area contributed by atoms with Gasteiger partial charge >= 0.3 is 0 Å². The van der Waals surface area contributed by atoms with Crippen LogP contribution in [0.2, 0.25) is 5.02 Å². The minimum atomic E-state index is -0.235. The van der Waals surface area contributed by atoms with Crippen LogP contribution in [0.5, 0.6) is 0 Å². The third-order valence-corrected chi connectivity index (χ3v) is 4.49. The van der Waals surface area contributed by atoms with Gasteiger partial charge in [0.2, 0.25) is 0 Å². The van der Waals surface area contributed by atoms with Crippen molar-refractivity contribution in [3.05, 3.63) is 68.4 Å². The van der Waals surface area contributed by atoms with Crippen LogP contribution in [-0.2, 0) is 6.42 Å². The highest BCUT2D eigenvalue weighted by Gasteiger charge is 2.13. The Hall–Kier alpha value is -0.900. The van der Waals surface area contributed by atoms with Gasteiger partial charge in [-0.2, -0.15) is 0 Å². The molecule has 1 atom stereocenters. The Labute approximate surface area is 138 Å². The maximum absolute atomic E-state index is 13.3. The van der Waals surface area contributed by atoms with Crippen LogP contribution in [0.25, 0.3) is 0 Å². The Balaban J connectivity index is 2.25. The van der Waals surface area contributed by atoms with Crippen molar-refractivity contribution >= 4 is 27.5 Å². The van der Waals surface area contributed by atoms with Gasteiger partial charge in [0.15, 0.2) is 0 Å². The lowest BCUT2D eigenvalue weighted by Gasteiger charge is -2.19. The highest BCUT2D eigenvalue weighted by Crippen LogP contribution is 2.25. The molecule has 21 heavy (non-hydrogen) atoms. The topological polar surface area (TPSA) is 12.0 Å². The Kier molecular flexibility index (Phi) is 5.80. The van der Waals surface area contributed by atoms with Crippen LogP contribution in [0.3, 0.4) is 0 Å². The maximum atomic E-state index is 13.3. The van der Waals surface area contributed by atoms with Gasteiger partial charge in [-0.05, 0) is 70.7 Å². The molecule has 0 spiro atoms. The summed E-state index contributed by atoms with van der Waals surface area (Å²) in [5.74, 6) is -0.235. The summed E-state index contributed by atoms with van der Waals surface area (Å²) in [6.45, 7) is 4.95. The maximum Gasteiger partial charge on any atom is 0.137 e. The lowest BCUT2D eigenvalue weighted by atomic mass is 9.97. The van der Waals surface area contributed by atoms with Crippen molar-refractivity contribution in [3.8, 4) is 0 Å². The van der Waals surface area contributed by atoms with E-state index in [1.54, 1.807) is 0 Å². The van der Waals surface area contributed by atoms with Crippen LogP contribution in [-0.4, -0.2) is 6.54 Å². The molecule has 0 aliphatic carbocycles. The fourth-order valence-electron chi connectivity index (χ4n) is 2.34. The standard InChI is InChI=1S/C17H18BrClFN/c1-3-21-17(13-5-6-15(19)11(2)8-13)10-12-4-7-16(20)14(18)9-12/h4-9,17,21H,3,10H2,1-2H3. The summed E-state index contributed by atoms with van der Waals surface area (Å²) in [7, 11) is 0. The van der Waals surface area contributed by atoms with Crippen molar-refractivity contribution in [2.75, 3.05) is 6.54 Å². The minimum Gasteiger partial charge on any atom is -0.310 e. The van der Waals surface area contributed by atoms with Gasteiger partial charge in [-0.3, -0.25) is 0 Å². The van der Waals surface area contributed by atoms with Gasteiger partial charge in [-0.15, -0.1) is 0 Å². The monoisotopic (exact) mass is 369 g/mol. The van der Waals surface area contributed by atoms with Crippen LogP contribution in [0, 0.1) is 12.7 Å². The van der Waals surface area contributed by atoms with Crippen LogP contribution in [0.4, 0.5) is 4.39 Å². The number of nitrogens with one attached hydrogen (secondary N) is 1. The number of halogens is 3. The average Bonchev–Trinajstić information content (AvgIpc) is 2.45. The van der Waals surface area contributed by atoms with Gasteiger partial charge in [0, 0.05) is 11.1 Å². The zero-order valence-electron chi connectivity index (χ0n) is 12.1. The van der Waals surface area contributed by atoms with E-state index >= 15 is 0 Å². The third kappa shape index (κ3) is 4.29. The molecule has 4 heteroatoms. The van der Waals surface area contributed by atoms with Crippen molar-refractivity contribution in [2.24, 2.45) is 0 Å². The van der Waals surface area contributed by atoms with Crippen molar-refractivity contribution in [2.45, 2.75) is 26.3 Å². The van der Waals surface area contributed by atoms with Crippen LogP contribution >= 0.6 is 27.5 Å². The van der Waals surface area contributed by atoms with Gasteiger partial charge < -0.3 is 5.32 Å². The SMILES string of the molecule is CCNC(Cc1ccc(F)c(Br)c1)c1ccc(Cl)c(C)c1. The molecule has 112 valence electrons. The van der Waals surface area contributed by atoms with Crippen molar-refractivity contribution in [3.63, 3.8) is 0 Å². The molecule has 2 aromatic carbocycles. The Morgan fingerprint density at radius 2 is 2.00 bits per heavy atom. The lowest BCUT2D eigenvalue weighted by Crippen LogP contribution is -2.23. The first-order valence-electron chi connectivity index (χ1n) is 6.94. The molecule has 2 rings (SSSR count). The summed E-state index contributed by atoms with van der Waals surface area (Å²) in [6.07, 6.45) is 0.799. The fraction of sp³-hybridized carbons (Fsp3) is 0.294. The summed E-state index contributed by atoms with van der Waals surface area (Å²) in [4.78, 5) is 0. The number of aryl methyl sites for hydroxylation is 1. The van der Waals surface area contributed by atoms with E-state index in [4.69, 9.17) is 11.6 Å². The van der Waals surface area contributed by atoms with E-state index in [1.165, 1.54) is 11.6 Å². The second kappa shape index (κ2) is 7.39. The molecule has 0 amide bonds. The predicted octanol–water partition coefficient (Wildman–Crippen LogP) is 5.44. The molecule has 1 unspecified atom stereocenters. The average molecular weight is 371 g/mol. The number of likely N-dealkylation sites (N-methyl/N-ethyl adjacent to an activating group) is 1. The molecule has 1 N–H and O–H groups in total. The number of hydrogen-bond acceptors (Lipinski definition) is 1. The molecular weight excluding hydrogens is 353 g/mol. The number of rotatable bonds is 5. The Bertz CT molecular complexity index is 630. The third-order valence-electron chi connectivity index (χ3n) is 3.46. The van der Waals surface area contributed by atoms with Crippen molar-refractivity contribution < 1.29 is 4.39 Å². The first-order valence-corrected chi connectivity index (χ1v) is 8.11. The van der Waals surface area contributed by atoms with E-state index in [0.29, 0.717) is 4.47 Å². The molecule has 0 aliphatic heterocycles. The molecule has 0 aromatic heterocycles. The zero-order valence-corrected chi connectivity index (χ0v) is 14.4. The van der Waals surface area contributed by atoms with Crippen molar-refractivity contribution in [1.29, 1.82) is 0 Å². The first kappa shape index (κ1) is 16.5. The summed E-state index contributed by atoms with van der Waals surface area (Å²) >= 11 is 9.33. The minimum absolute atomic E-state index is 0.184. The molecular formula is C17H18BrClFN. The highest BCUT2D eigenvalue weighted by atomic mass is 79.9. The summed E-state index contributed by atoms with van der Waals surface area (Å²) in [6, 6.07) is 11.4. The van der Waals surface area contributed by atoms with Crippen LogP contribution in [0.15, 0.2) is 40.9 Å².